The molecule has 0 spiro atoms. The Morgan fingerprint density at radius 3 is 2.54 bits per heavy atom. The van der Waals surface area contributed by atoms with Crippen molar-refractivity contribution in [3.05, 3.63) is 53.6 Å². The summed E-state index contributed by atoms with van der Waals surface area (Å²) in [7, 11) is 0. The highest BCUT2D eigenvalue weighted by atomic mass is 19.1. The van der Waals surface area contributed by atoms with Gasteiger partial charge in [0.25, 0.3) is 0 Å². The van der Waals surface area contributed by atoms with Crippen LogP contribution in [0.5, 0.6) is 0 Å². The number of hydrogen-bond acceptors (Lipinski definition) is 3. The maximum atomic E-state index is 13.2. The minimum atomic E-state index is -0.160. The summed E-state index contributed by atoms with van der Waals surface area (Å²) in [5, 5.41) is 4.63. The van der Waals surface area contributed by atoms with Gasteiger partial charge in [-0.1, -0.05) is 12.1 Å². The van der Waals surface area contributed by atoms with E-state index in [1.54, 1.807) is 12.1 Å². The Morgan fingerprint density at radius 1 is 1.11 bits per heavy atom. The minimum absolute atomic E-state index is 0.160. The van der Waals surface area contributed by atoms with Crippen molar-refractivity contribution in [2.24, 2.45) is 17.8 Å². The number of fused-ring (bicyclic) bond motifs is 1. The van der Waals surface area contributed by atoms with Gasteiger partial charge in [0.2, 0.25) is 0 Å². The summed E-state index contributed by atoms with van der Waals surface area (Å²) in [4.78, 5) is 2.54. The summed E-state index contributed by atoms with van der Waals surface area (Å²) in [5.41, 5.74) is 2.41. The quantitative estimate of drug-likeness (QED) is 0.749. The molecule has 0 N–H and O–H groups in total. The summed E-state index contributed by atoms with van der Waals surface area (Å²) < 4.78 is 21.8. The Kier molecular flexibility index (Phi) is 4.97. The van der Waals surface area contributed by atoms with Crippen LogP contribution in [-0.2, 0) is 11.3 Å². The molecule has 0 unspecified atom stereocenters. The number of rotatable bonds is 6. The smallest absolute Gasteiger partial charge is 0.123 e. The molecule has 0 radical (unpaired) electrons. The Hall–Kier alpha value is -1.72. The van der Waals surface area contributed by atoms with Gasteiger partial charge in [0.1, 0.15) is 5.82 Å². The Balaban J connectivity index is 1.27. The molecule has 2 aromatic rings. The van der Waals surface area contributed by atoms with Gasteiger partial charge in [0, 0.05) is 32.4 Å². The number of likely N-dealkylation sites (tertiary alicyclic amines) is 1. The molecule has 1 aliphatic heterocycles. The normalized spacial score (nSPS) is 30.5. The molecule has 28 heavy (non-hydrogen) atoms. The average Bonchev–Trinajstić information content (AvgIpc) is 3.29. The van der Waals surface area contributed by atoms with Crippen LogP contribution >= 0.6 is 0 Å². The predicted octanol–water partition coefficient (Wildman–Crippen LogP) is 4.21. The third-order valence-electron chi connectivity index (χ3n) is 6.79. The first-order valence-electron chi connectivity index (χ1n) is 10.7. The number of aromatic nitrogens is 2. The molecule has 4 atom stereocenters. The summed E-state index contributed by atoms with van der Waals surface area (Å²) in [6.45, 7) is 6.17. The van der Waals surface area contributed by atoms with Crippen LogP contribution < -0.4 is 0 Å². The predicted molar refractivity (Wildman–Crippen MR) is 106 cm³/mol. The van der Waals surface area contributed by atoms with Gasteiger partial charge in [-0.25, -0.2) is 4.39 Å². The molecule has 1 saturated heterocycles. The van der Waals surface area contributed by atoms with Gasteiger partial charge in [0.15, 0.2) is 0 Å². The van der Waals surface area contributed by atoms with E-state index in [9.17, 15) is 4.39 Å². The summed E-state index contributed by atoms with van der Waals surface area (Å²) in [5.74, 6) is 2.01. The van der Waals surface area contributed by atoms with E-state index in [4.69, 9.17) is 4.74 Å². The van der Waals surface area contributed by atoms with Gasteiger partial charge in [-0.2, -0.15) is 5.10 Å². The van der Waals surface area contributed by atoms with E-state index in [0.717, 1.165) is 45.0 Å². The highest BCUT2D eigenvalue weighted by Crippen LogP contribution is 2.43. The maximum absolute atomic E-state index is 13.2. The van der Waals surface area contributed by atoms with E-state index in [-0.39, 0.29) is 11.9 Å². The van der Waals surface area contributed by atoms with Crippen LogP contribution in [0.3, 0.4) is 0 Å². The largest absolute Gasteiger partial charge is 0.376 e. The molecule has 2 aliphatic carbocycles. The molecule has 5 rings (SSSR count). The van der Waals surface area contributed by atoms with Crippen LogP contribution in [0.4, 0.5) is 4.39 Å². The van der Waals surface area contributed by atoms with E-state index in [1.165, 1.54) is 24.0 Å². The molecular weight excluding hydrogens is 353 g/mol. The molecule has 3 fully saturated rings. The lowest BCUT2D eigenvalue weighted by Crippen LogP contribution is -2.38. The number of nitrogens with zero attached hydrogens (tertiary/aromatic N) is 3. The van der Waals surface area contributed by atoms with Gasteiger partial charge in [-0.05, 0) is 73.6 Å². The molecule has 0 bridgehead atoms. The van der Waals surface area contributed by atoms with Crippen molar-refractivity contribution in [1.29, 1.82) is 0 Å². The Morgan fingerprint density at radius 2 is 1.86 bits per heavy atom. The van der Waals surface area contributed by atoms with E-state index < -0.39 is 0 Å². The third kappa shape index (κ3) is 4.01. The topological polar surface area (TPSA) is 30.3 Å². The van der Waals surface area contributed by atoms with Gasteiger partial charge >= 0.3 is 0 Å². The van der Waals surface area contributed by atoms with Gasteiger partial charge in [0.05, 0.1) is 18.3 Å². The molecule has 0 amide bonds. The standard InChI is InChI=1S/C23H30FN3O/c1-16-10-25-27(11-16)22-8-19-13-26(12-17-4-6-21(24)7-5-17)14-20(19)9-23(22)28-15-18-2-3-18/h4-7,10-11,18-20,22-23H,2-3,8-9,12-15H2,1H3/t19-,20+,22-,23-/m0/s1. The van der Waals surface area contributed by atoms with Crippen molar-refractivity contribution in [2.45, 2.75) is 51.3 Å². The van der Waals surface area contributed by atoms with Crippen LogP contribution in [-0.4, -0.2) is 40.5 Å². The fourth-order valence-corrected chi connectivity index (χ4v) is 5.08. The molecule has 150 valence electrons. The summed E-state index contributed by atoms with van der Waals surface area (Å²) in [6, 6.07) is 7.30. The first kappa shape index (κ1) is 18.3. The zero-order chi connectivity index (χ0) is 19.1. The van der Waals surface area contributed by atoms with Crippen molar-refractivity contribution in [3.63, 3.8) is 0 Å². The third-order valence-corrected chi connectivity index (χ3v) is 6.79. The molecule has 2 heterocycles. The SMILES string of the molecule is Cc1cnn([C@H]2C[C@H]3CN(Cc4ccc(F)cc4)C[C@H]3C[C@@H]2OCC2CC2)c1. The van der Waals surface area contributed by atoms with E-state index in [2.05, 4.69) is 27.8 Å². The summed E-state index contributed by atoms with van der Waals surface area (Å²) in [6.07, 6.45) is 9.32. The zero-order valence-electron chi connectivity index (χ0n) is 16.6. The van der Waals surface area contributed by atoms with Crippen LogP contribution in [0.15, 0.2) is 36.7 Å². The molecule has 1 aromatic heterocycles. The number of aryl methyl sites for hydroxylation is 1. The molecule has 3 aliphatic rings. The second kappa shape index (κ2) is 7.60. The van der Waals surface area contributed by atoms with Crippen LogP contribution in [0.1, 0.15) is 42.9 Å². The van der Waals surface area contributed by atoms with Crippen molar-refractivity contribution in [1.82, 2.24) is 14.7 Å². The lowest BCUT2D eigenvalue weighted by molar-refractivity contribution is -0.0371. The molecular formula is C23H30FN3O. The lowest BCUT2D eigenvalue weighted by Gasteiger charge is -2.38. The lowest BCUT2D eigenvalue weighted by atomic mass is 9.77. The van der Waals surface area contributed by atoms with E-state index in [1.807, 2.05) is 18.3 Å². The Labute approximate surface area is 166 Å². The molecule has 4 nitrogen and oxygen atoms in total. The van der Waals surface area contributed by atoms with Crippen molar-refractivity contribution >= 4 is 0 Å². The molecule has 1 aromatic carbocycles. The number of hydrogen-bond donors (Lipinski definition) is 0. The molecule has 2 saturated carbocycles. The summed E-state index contributed by atoms with van der Waals surface area (Å²) >= 11 is 0. The van der Waals surface area contributed by atoms with Crippen LogP contribution in [0.25, 0.3) is 0 Å². The molecule has 5 heteroatoms. The fourth-order valence-electron chi connectivity index (χ4n) is 5.08. The van der Waals surface area contributed by atoms with E-state index in [0.29, 0.717) is 17.9 Å². The van der Waals surface area contributed by atoms with Crippen LogP contribution in [0, 0.1) is 30.5 Å². The van der Waals surface area contributed by atoms with Gasteiger partial charge < -0.3 is 4.74 Å². The zero-order valence-corrected chi connectivity index (χ0v) is 16.6. The first-order chi connectivity index (χ1) is 13.6. The number of benzene rings is 1. The van der Waals surface area contributed by atoms with Crippen molar-refractivity contribution < 1.29 is 9.13 Å². The van der Waals surface area contributed by atoms with Crippen LogP contribution in [0.2, 0.25) is 0 Å². The minimum Gasteiger partial charge on any atom is -0.376 e. The highest BCUT2D eigenvalue weighted by molar-refractivity contribution is 5.16. The number of halogens is 1. The van der Waals surface area contributed by atoms with Gasteiger partial charge in [-0.15, -0.1) is 0 Å². The fraction of sp³-hybridized carbons (Fsp3) is 0.609. The highest BCUT2D eigenvalue weighted by Gasteiger charge is 2.44. The van der Waals surface area contributed by atoms with E-state index >= 15 is 0 Å². The van der Waals surface area contributed by atoms with Gasteiger partial charge in [-0.3, -0.25) is 9.58 Å². The van der Waals surface area contributed by atoms with Crippen molar-refractivity contribution in [2.75, 3.05) is 19.7 Å². The number of ether oxygens (including phenoxy) is 1. The monoisotopic (exact) mass is 383 g/mol. The second-order valence-electron chi connectivity index (χ2n) is 9.19. The average molecular weight is 384 g/mol. The maximum Gasteiger partial charge on any atom is 0.123 e. The first-order valence-corrected chi connectivity index (χ1v) is 10.7. The second-order valence-corrected chi connectivity index (χ2v) is 9.19. The Bertz CT molecular complexity index is 800. The van der Waals surface area contributed by atoms with Crippen molar-refractivity contribution in [3.8, 4) is 0 Å².